The summed E-state index contributed by atoms with van der Waals surface area (Å²) in [6.45, 7) is 5.23. The van der Waals surface area contributed by atoms with Crippen molar-refractivity contribution >= 4 is 11.8 Å². The predicted octanol–water partition coefficient (Wildman–Crippen LogP) is 1.57. The van der Waals surface area contributed by atoms with Crippen molar-refractivity contribution in [2.75, 3.05) is 37.7 Å². The van der Waals surface area contributed by atoms with E-state index >= 15 is 0 Å². The fourth-order valence-electron chi connectivity index (χ4n) is 2.33. The lowest BCUT2D eigenvalue weighted by Gasteiger charge is -2.29. The van der Waals surface area contributed by atoms with E-state index in [0.29, 0.717) is 0 Å². The van der Waals surface area contributed by atoms with Crippen LogP contribution in [0.4, 0.5) is 0 Å². The molecule has 0 spiro atoms. The molecule has 2 saturated heterocycles. The van der Waals surface area contributed by atoms with Crippen LogP contribution < -0.4 is 5.32 Å². The molecule has 0 bridgehead atoms. The molecule has 0 aliphatic carbocycles. The van der Waals surface area contributed by atoms with Crippen LogP contribution in [-0.2, 0) is 0 Å². The van der Waals surface area contributed by atoms with E-state index < -0.39 is 0 Å². The largest absolute Gasteiger partial charge is 0.312 e. The van der Waals surface area contributed by atoms with E-state index in [9.17, 15) is 0 Å². The third-order valence-electron chi connectivity index (χ3n) is 3.24. The van der Waals surface area contributed by atoms with Crippen LogP contribution in [0.5, 0.6) is 0 Å². The van der Waals surface area contributed by atoms with Crippen LogP contribution >= 0.6 is 11.8 Å². The molecule has 2 fully saturated rings. The molecule has 0 aromatic carbocycles. The van der Waals surface area contributed by atoms with Gasteiger partial charge in [-0.1, -0.05) is 6.42 Å². The smallest absolute Gasteiger partial charge is 0.0170 e. The number of likely N-dealkylation sites (tertiary alicyclic amines) is 1. The van der Waals surface area contributed by atoms with Crippen molar-refractivity contribution in [1.29, 1.82) is 0 Å². The van der Waals surface area contributed by atoms with Gasteiger partial charge in [0.05, 0.1) is 0 Å². The third-order valence-corrected chi connectivity index (χ3v) is 4.37. The van der Waals surface area contributed by atoms with E-state index in [0.717, 1.165) is 6.04 Å². The topological polar surface area (TPSA) is 15.3 Å². The van der Waals surface area contributed by atoms with Crippen molar-refractivity contribution in [2.24, 2.45) is 0 Å². The van der Waals surface area contributed by atoms with Crippen molar-refractivity contribution in [3.8, 4) is 0 Å². The van der Waals surface area contributed by atoms with Crippen LogP contribution in [0.3, 0.4) is 0 Å². The molecular formula is C11H22N2S. The van der Waals surface area contributed by atoms with Gasteiger partial charge >= 0.3 is 0 Å². The molecule has 3 heteroatoms. The Balaban J connectivity index is 1.60. The van der Waals surface area contributed by atoms with E-state index in [1.165, 1.54) is 63.4 Å². The summed E-state index contributed by atoms with van der Waals surface area (Å²) in [5.74, 6) is 2.63. The monoisotopic (exact) mass is 214 g/mol. The first kappa shape index (κ1) is 10.8. The Morgan fingerprint density at radius 1 is 1.21 bits per heavy atom. The molecule has 0 aromatic rings. The van der Waals surface area contributed by atoms with Crippen LogP contribution in [-0.4, -0.2) is 48.6 Å². The van der Waals surface area contributed by atoms with Gasteiger partial charge in [0.15, 0.2) is 0 Å². The van der Waals surface area contributed by atoms with Gasteiger partial charge in [0.1, 0.15) is 0 Å². The number of hydrogen-bond donors (Lipinski definition) is 1. The van der Waals surface area contributed by atoms with Gasteiger partial charge in [-0.15, -0.1) is 0 Å². The molecule has 2 aliphatic rings. The minimum Gasteiger partial charge on any atom is -0.312 e. The number of piperidine rings is 1. The first-order valence-corrected chi connectivity index (χ1v) is 7.14. The average Bonchev–Trinajstić information content (AvgIpc) is 2.29. The Bertz CT molecular complexity index is 133. The molecule has 2 rings (SSSR count). The molecule has 0 aromatic heterocycles. The number of nitrogens with one attached hydrogen (secondary N) is 1. The maximum absolute atomic E-state index is 3.61. The van der Waals surface area contributed by atoms with E-state index in [1.807, 2.05) is 0 Å². The highest BCUT2D eigenvalue weighted by Gasteiger charge is 2.15. The SMILES string of the molecule is C1CCN(CCC2CSCCN2)CC1. The number of rotatable bonds is 3. The zero-order valence-electron chi connectivity index (χ0n) is 9.00. The molecule has 2 nitrogen and oxygen atoms in total. The molecule has 1 atom stereocenters. The molecule has 1 unspecified atom stereocenters. The van der Waals surface area contributed by atoms with Gasteiger partial charge in [-0.3, -0.25) is 0 Å². The third kappa shape index (κ3) is 3.44. The number of thioether (sulfide) groups is 1. The molecule has 0 amide bonds. The van der Waals surface area contributed by atoms with Gasteiger partial charge < -0.3 is 10.2 Å². The maximum Gasteiger partial charge on any atom is 0.0170 e. The lowest BCUT2D eigenvalue weighted by molar-refractivity contribution is 0.219. The van der Waals surface area contributed by atoms with Gasteiger partial charge in [-0.2, -0.15) is 11.8 Å². The van der Waals surface area contributed by atoms with Crippen molar-refractivity contribution < 1.29 is 0 Å². The summed E-state index contributed by atoms with van der Waals surface area (Å²) in [5.41, 5.74) is 0. The van der Waals surface area contributed by atoms with Crippen molar-refractivity contribution in [2.45, 2.75) is 31.7 Å². The summed E-state index contributed by atoms with van der Waals surface area (Å²) < 4.78 is 0. The second kappa shape index (κ2) is 5.99. The Morgan fingerprint density at radius 3 is 2.79 bits per heavy atom. The molecular weight excluding hydrogens is 192 g/mol. The summed E-state index contributed by atoms with van der Waals surface area (Å²) in [4.78, 5) is 2.64. The van der Waals surface area contributed by atoms with Crippen molar-refractivity contribution in [3.05, 3.63) is 0 Å². The highest BCUT2D eigenvalue weighted by atomic mass is 32.2. The van der Waals surface area contributed by atoms with Crippen LogP contribution in [0.15, 0.2) is 0 Å². The van der Waals surface area contributed by atoms with Gasteiger partial charge in [0.25, 0.3) is 0 Å². The Kier molecular flexibility index (Phi) is 4.61. The first-order chi connectivity index (χ1) is 6.95. The van der Waals surface area contributed by atoms with E-state index in [-0.39, 0.29) is 0 Å². The Morgan fingerprint density at radius 2 is 2.07 bits per heavy atom. The predicted molar refractivity (Wildman–Crippen MR) is 64.0 cm³/mol. The molecule has 82 valence electrons. The zero-order valence-corrected chi connectivity index (χ0v) is 9.82. The molecule has 2 aliphatic heterocycles. The fraction of sp³-hybridized carbons (Fsp3) is 1.00. The minimum absolute atomic E-state index is 0.788. The normalized spacial score (nSPS) is 30.4. The highest BCUT2D eigenvalue weighted by molar-refractivity contribution is 7.99. The first-order valence-electron chi connectivity index (χ1n) is 5.98. The van der Waals surface area contributed by atoms with Gasteiger partial charge in [0, 0.05) is 24.1 Å². The maximum atomic E-state index is 3.61. The Labute approximate surface area is 91.8 Å². The molecule has 1 N–H and O–H groups in total. The van der Waals surface area contributed by atoms with Crippen LogP contribution in [0.2, 0.25) is 0 Å². The second-order valence-electron chi connectivity index (χ2n) is 4.42. The number of hydrogen-bond acceptors (Lipinski definition) is 3. The van der Waals surface area contributed by atoms with Crippen molar-refractivity contribution in [1.82, 2.24) is 10.2 Å². The van der Waals surface area contributed by atoms with Crippen LogP contribution in [0, 0.1) is 0 Å². The van der Waals surface area contributed by atoms with Gasteiger partial charge in [-0.25, -0.2) is 0 Å². The van der Waals surface area contributed by atoms with E-state index in [2.05, 4.69) is 22.0 Å². The summed E-state index contributed by atoms with van der Waals surface area (Å²) in [6, 6.07) is 0.788. The fourth-order valence-corrected chi connectivity index (χ4v) is 3.32. The summed E-state index contributed by atoms with van der Waals surface area (Å²) in [6.07, 6.45) is 5.65. The molecule has 14 heavy (non-hydrogen) atoms. The number of nitrogens with zero attached hydrogens (tertiary/aromatic N) is 1. The van der Waals surface area contributed by atoms with Gasteiger partial charge in [-0.05, 0) is 38.9 Å². The van der Waals surface area contributed by atoms with Crippen LogP contribution in [0.1, 0.15) is 25.7 Å². The Hall–Kier alpha value is 0.270. The van der Waals surface area contributed by atoms with Crippen molar-refractivity contribution in [3.63, 3.8) is 0 Å². The molecule has 0 radical (unpaired) electrons. The summed E-state index contributed by atoms with van der Waals surface area (Å²) in [5, 5.41) is 3.61. The lowest BCUT2D eigenvalue weighted by atomic mass is 10.1. The van der Waals surface area contributed by atoms with E-state index in [1.54, 1.807) is 0 Å². The minimum atomic E-state index is 0.788. The molecule has 0 saturated carbocycles. The zero-order chi connectivity index (χ0) is 9.64. The summed E-state index contributed by atoms with van der Waals surface area (Å²) in [7, 11) is 0. The van der Waals surface area contributed by atoms with Crippen LogP contribution in [0.25, 0.3) is 0 Å². The molecule has 2 heterocycles. The quantitative estimate of drug-likeness (QED) is 0.768. The standard InChI is InChI=1S/C11H22N2S/c1-2-6-13(7-3-1)8-4-11-10-14-9-5-12-11/h11-12H,1-10H2. The second-order valence-corrected chi connectivity index (χ2v) is 5.57. The summed E-state index contributed by atoms with van der Waals surface area (Å²) >= 11 is 2.11. The lowest BCUT2D eigenvalue weighted by Crippen LogP contribution is -2.41. The highest BCUT2D eigenvalue weighted by Crippen LogP contribution is 2.13. The average molecular weight is 214 g/mol. The van der Waals surface area contributed by atoms with Gasteiger partial charge in [0.2, 0.25) is 0 Å². The van der Waals surface area contributed by atoms with E-state index in [4.69, 9.17) is 0 Å².